The summed E-state index contributed by atoms with van der Waals surface area (Å²) in [7, 11) is 1.83. The van der Waals surface area contributed by atoms with E-state index in [0.717, 1.165) is 26.2 Å². The van der Waals surface area contributed by atoms with E-state index in [1.165, 1.54) is 24.6 Å². The zero-order valence-electron chi connectivity index (χ0n) is 14.2. The molecule has 0 N–H and O–H groups in total. The Balaban J connectivity index is 1.37. The summed E-state index contributed by atoms with van der Waals surface area (Å²) in [5.41, 5.74) is 0.991. The third-order valence-electron chi connectivity index (χ3n) is 4.21. The standard InChI is InChI=1S/C17H19N5OS2/c1-11-19-20-17(22(11)12-7-8-12)24-10-16(23)21(2)9-15-18-13-5-3-4-6-14(13)25-15/h3-6,12H,7-10H2,1-2H3. The number of nitrogens with zero attached hydrogens (tertiary/aromatic N) is 5. The molecule has 8 heteroatoms. The predicted molar refractivity (Wildman–Crippen MR) is 99.8 cm³/mol. The molecule has 1 fully saturated rings. The van der Waals surface area contributed by atoms with Gasteiger partial charge in [-0.05, 0) is 31.9 Å². The lowest BCUT2D eigenvalue weighted by Gasteiger charge is -2.15. The number of thiazole rings is 1. The van der Waals surface area contributed by atoms with E-state index in [0.29, 0.717) is 18.3 Å². The van der Waals surface area contributed by atoms with Gasteiger partial charge in [-0.15, -0.1) is 21.5 Å². The van der Waals surface area contributed by atoms with E-state index in [4.69, 9.17) is 0 Å². The molecule has 25 heavy (non-hydrogen) atoms. The summed E-state index contributed by atoms with van der Waals surface area (Å²) in [4.78, 5) is 18.8. The predicted octanol–water partition coefficient (Wildman–Crippen LogP) is 3.28. The quantitative estimate of drug-likeness (QED) is 0.621. The van der Waals surface area contributed by atoms with Crippen LogP contribution in [0.4, 0.5) is 0 Å². The molecule has 0 spiro atoms. The monoisotopic (exact) mass is 373 g/mol. The Hall–Kier alpha value is -1.93. The Kier molecular flexibility index (Phi) is 4.47. The van der Waals surface area contributed by atoms with Gasteiger partial charge in [0.1, 0.15) is 10.8 Å². The molecule has 0 radical (unpaired) electrons. The van der Waals surface area contributed by atoms with Crippen molar-refractivity contribution in [2.45, 2.75) is 37.5 Å². The minimum atomic E-state index is 0.0762. The van der Waals surface area contributed by atoms with E-state index < -0.39 is 0 Å². The highest BCUT2D eigenvalue weighted by Crippen LogP contribution is 2.38. The van der Waals surface area contributed by atoms with E-state index in [-0.39, 0.29) is 5.91 Å². The van der Waals surface area contributed by atoms with Crippen molar-refractivity contribution in [2.75, 3.05) is 12.8 Å². The molecule has 0 unspecified atom stereocenters. The van der Waals surface area contributed by atoms with E-state index in [2.05, 4.69) is 25.8 Å². The number of amides is 1. The van der Waals surface area contributed by atoms with Gasteiger partial charge in [0.05, 0.1) is 22.5 Å². The summed E-state index contributed by atoms with van der Waals surface area (Å²) in [6, 6.07) is 8.57. The van der Waals surface area contributed by atoms with E-state index >= 15 is 0 Å². The van der Waals surface area contributed by atoms with Gasteiger partial charge in [-0.2, -0.15) is 0 Å². The van der Waals surface area contributed by atoms with Gasteiger partial charge in [-0.3, -0.25) is 4.79 Å². The van der Waals surface area contributed by atoms with Crippen LogP contribution in [0.5, 0.6) is 0 Å². The lowest BCUT2D eigenvalue weighted by atomic mass is 10.3. The minimum Gasteiger partial charge on any atom is -0.338 e. The number of hydrogen-bond donors (Lipinski definition) is 0. The first-order valence-corrected chi connectivity index (χ1v) is 10.0. The summed E-state index contributed by atoms with van der Waals surface area (Å²) in [5.74, 6) is 1.37. The summed E-state index contributed by atoms with van der Waals surface area (Å²) in [6.45, 7) is 2.50. The molecular weight excluding hydrogens is 354 g/mol. The number of aryl methyl sites for hydroxylation is 1. The first-order valence-electron chi connectivity index (χ1n) is 8.24. The van der Waals surface area contributed by atoms with Gasteiger partial charge < -0.3 is 9.47 Å². The molecule has 2 aromatic heterocycles. The average molecular weight is 374 g/mol. The summed E-state index contributed by atoms with van der Waals surface area (Å²) in [5, 5.41) is 10.2. The Morgan fingerprint density at radius 2 is 2.16 bits per heavy atom. The van der Waals surface area contributed by atoms with Crippen molar-refractivity contribution in [3.05, 3.63) is 35.1 Å². The fraction of sp³-hybridized carbons (Fsp3) is 0.412. The van der Waals surface area contributed by atoms with E-state index in [1.54, 1.807) is 16.2 Å². The van der Waals surface area contributed by atoms with Gasteiger partial charge in [0.15, 0.2) is 5.16 Å². The molecule has 1 saturated carbocycles. The van der Waals surface area contributed by atoms with Gasteiger partial charge in [0, 0.05) is 13.1 Å². The van der Waals surface area contributed by atoms with Crippen LogP contribution in [0.15, 0.2) is 29.4 Å². The number of carbonyl (C=O) groups excluding carboxylic acids is 1. The Morgan fingerprint density at radius 1 is 1.36 bits per heavy atom. The second kappa shape index (κ2) is 6.76. The van der Waals surface area contributed by atoms with Gasteiger partial charge in [-0.1, -0.05) is 23.9 Å². The summed E-state index contributed by atoms with van der Waals surface area (Å²) >= 11 is 3.11. The van der Waals surface area contributed by atoms with Crippen molar-refractivity contribution in [2.24, 2.45) is 0 Å². The Labute approximate surface area is 154 Å². The molecule has 6 nitrogen and oxygen atoms in total. The minimum absolute atomic E-state index is 0.0762. The van der Waals surface area contributed by atoms with Crippen LogP contribution < -0.4 is 0 Å². The van der Waals surface area contributed by atoms with Crippen molar-refractivity contribution >= 4 is 39.2 Å². The zero-order chi connectivity index (χ0) is 17.4. The molecule has 1 aromatic carbocycles. The maximum Gasteiger partial charge on any atom is 0.233 e. The van der Waals surface area contributed by atoms with Gasteiger partial charge in [-0.25, -0.2) is 4.98 Å². The number of hydrogen-bond acceptors (Lipinski definition) is 6. The average Bonchev–Trinajstić information content (AvgIpc) is 3.24. The molecule has 2 heterocycles. The second-order valence-corrected chi connectivity index (χ2v) is 8.30. The molecule has 0 aliphatic heterocycles. The van der Waals surface area contributed by atoms with Crippen LogP contribution in [0.2, 0.25) is 0 Å². The lowest BCUT2D eigenvalue weighted by Crippen LogP contribution is -2.27. The van der Waals surface area contributed by atoms with Gasteiger partial charge >= 0.3 is 0 Å². The fourth-order valence-electron chi connectivity index (χ4n) is 2.72. The number of rotatable bonds is 6. The van der Waals surface area contributed by atoms with Crippen molar-refractivity contribution < 1.29 is 4.79 Å². The van der Waals surface area contributed by atoms with Crippen molar-refractivity contribution in [1.82, 2.24) is 24.6 Å². The highest BCUT2D eigenvalue weighted by atomic mass is 32.2. The van der Waals surface area contributed by atoms with Crippen LogP contribution in [-0.2, 0) is 11.3 Å². The normalized spacial score (nSPS) is 14.2. The van der Waals surface area contributed by atoms with Crippen molar-refractivity contribution in [3.8, 4) is 0 Å². The number of benzene rings is 1. The highest BCUT2D eigenvalue weighted by molar-refractivity contribution is 7.99. The van der Waals surface area contributed by atoms with Crippen LogP contribution in [0.1, 0.15) is 29.7 Å². The second-order valence-electron chi connectivity index (χ2n) is 6.24. The molecular formula is C17H19N5OS2. The first-order chi connectivity index (χ1) is 12.1. The highest BCUT2D eigenvalue weighted by Gasteiger charge is 2.28. The van der Waals surface area contributed by atoms with E-state index in [9.17, 15) is 4.79 Å². The van der Waals surface area contributed by atoms with Crippen LogP contribution in [0.3, 0.4) is 0 Å². The topological polar surface area (TPSA) is 63.9 Å². The molecule has 4 rings (SSSR count). The summed E-state index contributed by atoms with van der Waals surface area (Å²) in [6.07, 6.45) is 2.36. The lowest BCUT2D eigenvalue weighted by molar-refractivity contribution is -0.127. The largest absolute Gasteiger partial charge is 0.338 e. The van der Waals surface area contributed by atoms with Crippen LogP contribution in [0, 0.1) is 6.92 Å². The van der Waals surface area contributed by atoms with Gasteiger partial charge in [0.25, 0.3) is 0 Å². The Bertz CT molecular complexity index is 882. The molecule has 1 amide bonds. The number of fused-ring (bicyclic) bond motifs is 1. The maximum atomic E-state index is 12.5. The van der Waals surface area contributed by atoms with Crippen LogP contribution >= 0.6 is 23.1 Å². The zero-order valence-corrected chi connectivity index (χ0v) is 15.8. The first kappa shape index (κ1) is 16.5. The molecule has 0 saturated heterocycles. The third kappa shape index (κ3) is 3.55. The van der Waals surface area contributed by atoms with Crippen LogP contribution in [0.25, 0.3) is 10.2 Å². The number of para-hydroxylation sites is 1. The molecule has 3 aromatic rings. The van der Waals surface area contributed by atoms with Crippen molar-refractivity contribution in [1.29, 1.82) is 0 Å². The number of thioether (sulfide) groups is 1. The number of aromatic nitrogens is 4. The smallest absolute Gasteiger partial charge is 0.233 e. The fourth-order valence-corrected chi connectivity index (χ4v) is 4.73. The van der Waals surface area contributed by atoms with Crippen LogP contribution in [-0.4, -0.2) is 43.4 Å². The van der Waals surface area contributed by atoms with E-state index in [1.807, 2.05) is 32.2 Å². The molecule has 0 atom stereocenters. The molecule has 1 aliphatic rings. The third-order valence-corrected chi connectivity index (χ3v) is 6.16. The maximum absolute atomic E-state index is 12.5. The van der Waals surface area contributed by atoms with Crippen molar-refractivity contribution in [3.63, 3.8) is 0 Å². The Morgan fingerprint density at radius 3 is 2.92 bits per heavy atom. The number of carbonyl (C=O) groups is 1. The molecule has 0 bridgehead atoms. The SMILES string of the molecule is Cc1nnc(SCC(=O)N(C)Cc2nc3ccccc3s2)n1C1CC1. The van der Waals surface area contributed by atoms with Gasteiger partial charge in [0.2, 0.25) is 5.91 Å². The summed E-state index contributed by atoms with van der Waals surface area (Å²) < 4.78 is 3.31. The molecule has 130 valence electrons. The molecule has 1 aliphatic carbocycles.